The van der Waals surface area contributed by atoms with E-state index in [-0.39, 0.29) is 0 Å². The first kappa shape index (κ1) is 20.1. The van der Waals surface area contributed by atoms with Crippen molar-refractivity contribution in [1.82, 2.24) is 0 Å². The van der Waals surface area contributed by atoms with Crippen LogP contribution in [0.5, 0.6) is 0 Å². The highest BCUT2D eigenvalue weighted by Gasteiger charge is 2.47. The van der Waals surface area contributed by atoms with Gasteiger partial charge in [0.2, 0.25) is 0 Å². The third kappa shape index (κ3) is 4.08. The van der Waals surface area contributed by atoms with Gasteiger partial charge in [-0.3, -0.25) is 0 Å². The SMILES string of the molecule is CCC.c1ccc([P+](c2ccccc2)(c2ccccc2)c2ccccc2)cc1. The molecule has 0 aliphatic rings. The minimum absolute atomic E-state index is 1.25. The van der Waals surface area contributed by atoms with E-state index >= 15 is 0 Å². The molecule has 0 unspecified atom stereocenters. The second-order valence-electron chi connectivity index (χ2n) is 6.72. The van der Waals surface area contributed by atoms with Crippen molar-refractivity contribution in [3.63, 3.8) is 0 Å². The van der Waals surface area contributed by atoms with Gasteiger partial charge in [0.05, 0.1) is 0 Å². The van der Waals surface area contributed by atoms with Crippen molar-refractivity contribution in [1.29, 1.82) is 0 Å². The molecule has 0 atom stereocenters. The molecule has 4 aromatic carbocycles. The van der Waals surface area contributed by atoms with Crippen LogP contribution in [0.1, 0.15) is 20.3 Å². The Morgan fingerprint density at radius 3 is 0.750 bits per heavy atom. The van der Waals surface area contributed by atoms with Gasteiger partial charge >= 0.3 is 0 Å². The van der Waals surface area contributed by atoms with Crippen LogP contribution in [0, 0.1) is 0 Å². The van der Waals surface area contributed by atoms with Crippen LogP contribution < -0.4 is 21.2 Å². The molecule has 0 saturated carbocycles. The Balaban J connectivity index is 0.000000706. The summed E-state index contributed by atoms with van der Waals surface area (Å²) in [5.41, 5.74) is 0. The van der Waals surface area contributed by atoms with Crippen molar-refractivity contribution in [3.8, 4) is 0 Å². The highest BCUT2D eigenvalue weighted by Crippen LogP contribution is 2.53. The lowest BCUT2D eigenvalue weighted by atomic mass is 10.3. The monoisotopic (exact) mass is 383 g/mol. The minimum Gasteiger partial charge on any atom is -0.0656 e. The minimum atomic E-state index is -1.91. The zero-order valence-corrected chi connectivity index (χ0v) is 17.6. The summed E-state index contributed by atoms with van der Waals surface area (Å²) in [6.07, 6.45) is 1.25. The van der Waals surface area contributed by atoms with E-state index < -0.39 is 7.26 Å². The molecule has 0 spiro atoms. The standard InChI is InChI=1S/C24H20P.C3H8/c1-5-13-21(14-6-1)25(22-15-7-2-8-16-22,23-17-9-3-10-18-23)24-19-11-4-12-20-24;1-3-2/h1-20H;3H2,1-2H3/q+1;. The molecule has 1 heteroatoms. The van der Waals surface area contributed by atoms with Crippen molar-refractivity contribution < 1.29 is 0 Å². The maximum atomic E-state index is 2.28. The van der Waals surface area contributed by atoms with E-state index in [0.717, 1.165) is 0 Å². The zero-order valence-electron chi connectivity index (χ0n) is 16.7. The molecule has 0 nitrogen and oxygen atoms in total. The molecule has 0 aromatic heterocycles. The van der Waals surface area contributed by atoms with Gasteiger partial charge in [0.1, 0.15) is 28.5 Å². The van der Waals surface area contributed by atoms with Gasteiger partial charge in [0, 0.05) is 0 Å². The summed E-state index contributed by atoms with van der Waals surface area (Å²) < 4.78 is 0. The molecule has 0 amide bonds. The third-order valence-electron chi connectivity index (χ3n) is 4.57. The van der Waals surface area contributed by atoms with Crippen molar-refractivity contribution in [2.24, 2.45) is 0 Å². The molecule has 140 valence electrons. The van der Waals surface area contributed by atoms with E-state index in [2.05, 4.69) is 135 Å². The second-order valence-corrected chi connectivity index (χ2v) is 10.1. The lowest BCUT2D eigenvalue weighted by molar-refractivity contribution is 1.09. The van der Waals surface area contributed by atoms with E-state index in [1.165, 1.54) is 27.6 Å². The average Bonchev–Trinajstić information content (AvgIpc) is 2.78. The van der Waals surface area contributed by atoms with Crippen LogP contribution in [0.15, 0.2) is 121 Å². The van der Waals surface area contributed by atoms with Gasteiger partial charge in [-0.05, 0) is 48.5 Å². The van der Waals surface area contributed by atoms with Crippen LogP contribution in [0.25, 0.3) is 0 Å². The molecular formula is C27H28P+. The molecule has 0 aliphatic heterocycles. The molecular weight excluding hydrogens is 355 g/mol. The average molecular weight is 383 g/mol. The Hall–Kier alpha value is -2.69. The van der Waals surface area contributed by atoms with Crippen molar-refractivity contribution in [3.05, 3.63) is 121 Å². The molecule has 0 N–H and O–H groups in total. The van der Waals surface area contributed by atoms with E-state index in [9.17, 15) is 0 Å². The Bertz CT molecular complexity index is 769. The van der Waals surface area contributed by atoms with Gasteiger partial charge in [0.15, 0.2) is 0 Å². The molecule has 0 heterocycles. The normalized spacial score (nSPS) is 10.6. The molecule has 0 aliphatic carbocycles. The first-order valence-corrected chi connectivity index (χ1v) is 11.7. The predicted molar refractivity (Wildman–Crippen MR) is 127 cm³/mol. The maximum absolute atomic E-state index is 2.28. The van der Waals surface area contributed by atoms with E-state index in [1.807, 2.05) is 0 Å². The summed E-state index contributed by atoms with van der Waals surface area (Å²) in [5.74, 6) is 0. The molecule has 0 fully saturated rings. The Kier molecular flexibility index (Phi) is 7.18. The summed E-state index contributed by atoms with van der Waals surface area (Å²) in [6, 6.07) is 43.8. The Morgan fingerprint density at radius 1 is 0.393 bits per heavy atom. The van der Waals surface area contributed by atoms with Crippen LogP contribution in [-0.4, -0.2) is 0 Å². The number of rotatable bonds is 4. The van der Waals surface area contributed by atoms with E-state index in [0.29, 0.717) is 0 Å². The molecule has 0 saturated heterocycles. The van der Waals surface area contributed by atoms with Gasteiger partial charge < -0.3 is 0 Å². The fourth-order valence-electron chi connectivity index (χ4n) is 3.50. The zero-order chi connectivity index (χ0) is 19.7. The summed E-state index contributed by atoms with van der Waals surface area (Å²) in [6.45, 7) is 4.25. The summed E-state index contributed by atoms with van der Waals surface area (Å²) >= 11 is 0. The van der Waals surface area contributed by atoms with Crippen LogP contribution in [0.3, 0.4) is 0 Å². The number of hydrogen-bond donors (Lipinski definition) is 0. The lowest BCUT2D eigenvalue weighted by Crippen LogP contribution is -2.38. The van der Waals surface area contributed by atoms with Crippen LogP contribution in [0.2, 0.25) is 0 Å². The van der Waals surface area contributed by atoms with Gasteiger partial charge in [0.25, 0.3) is 0 Å². The van der Waals surface area contributed by atoms with Gasteiger partial charge in [-0.2, -0.15) is 0 Å². The Labute approximate surface area is 170 Å². The third-order valence-corrected chi connectivity index (χ3v) is 8.86. The van der Waals surface area contributed by atoms with Crippen LogP contribution in [-0.2, 0) is 0 Å². The summed E-state index contributed by atoms with van der Waals surface area (Å²) in [7, 11) is -1.91. The highest BCUT2D eigenvalue weighted by molar-refractivity contribution is 8.01. The fraction of sp³-hybridized carbons (Fsp3) is 0.111. The second kappa shape index (κ2) is 10.0. The fourth-order valence-corrected chi connectivity index (χ4v) is 7.77. The van der Waals surface area contributed by atoms with Crippen molar-refractivity contribution >= 4 is 28.5 Å². The molecule has 0 bridgehead atoms. The first-order valence-electron chi connectivity index (χ1n) is 9.95. The van der Waals surface area contributed by atoms with Crippen molar-refractivity contribution in [2.45, 2.75) is 20.3 Å². The molecule has 4 rings (SSSR count). The quantitative estimate of drug-likeness (QED) is 0.395. The predicted octanol–water partition coefficient (Wildman–Crippen LogP) is 5.72. The summed E-state index contributed by atoms with van der Waals surface area (Å²) in [4.78, 5) is 0. The van der Waals surface area contributed by atoms with E-state index in [1.54, 1.807) is 0 Å². The topological polar surface area (TPSA) is 0 Å². The Morgan fingerprint density at radius 2 is 0.571 bits per heavy atom. The molecule has 28 heavy (non-hydrogen) atoms. The van der Waals surface area contributed by atoms with E-state index in [4.69, 9.17) is 0 Å². The number of benzene rings is 4. The number of hydrogen-bond acceptors (Lipinski definition) is 0. The lowest BCUT2D eigenvalue weighted by Gasteiger charge is -2.27. The molecule has 0 radical (unpaired) electrons. The van der Waals surface area contributed by atoms with Gasteiger partial charge in [-0.15, -0.1) is 0 Å². The van der Waals surface area contributed by atoms with Gasteiger partial charge in [-0.25, -0.2) is 0 Å². The van der Waals surface area contributed by atoms with Gasteiger partial charge in [-0.1, -0.05) is 93.1 Å². The summed E-state index contributed by atoms with van der Waals surface area (Å²) in [5, 5.41) is 5.55. The van der Waals surface area contributed by atoms with Crippen LogP contribution in [0.4, 0.5) is 0 Å². The van der Waals surface area contributed by atoms with Crippen LogP contribution >= 0.6 is 7.26 Å². The largest absolute Gasteiger partial charge is 0.144 e. The molecule has 4 aromatic rings. The first-order chi connectivity index (χ1) is 13.8. The maximum Gasteiger partial charge on any atom is 0.144 e. The van der Waals surface area contributed by atoms with Crippen molar-refractivity contribution in [2.75, 3.05) is 0 Å². The highest BCUT2D eigenvalue weighted by atomic mass is 31.2. The smallest absolute Gasteiger partial charge is 0.0656 e.